The maximum absolute atomic E-state index is 13.4. The smallest absolute Gasteiger partial charge is 0.265 e. The van der Waals surface area contributed by atoms with Crippen molar-refractivity contribution in [3.8, 4) is 11.6 Å². The molecule has 4 aromatic rings. The van der Waals surface area contributed by atoms with E-state index in [-0.39, 0.29) is 22.0 Å². The first-order chi connectivity index (χ1) is 16.3. The molecular weight excluding hydrogens is 456 g/mol. The highest BCUT2D eigenvalue weighted by Gasteiger charge is 2.23. The van der Waals surface area contributed by atoms with Crippen molar-refractivity contribution >= 4 is 32.8 Å². The predicted octanol–water partition coefficient (Wildman–Crippen LogP) is 3.77. The standard InChI is InChI=1S/C24H24N4O5S/c1-4-27(5-2)34(31,32)18-10-8-9-17(14-18)28-23(29)20-12-7-6-11-19(20)21(24(28)30)15-25-22-13-16(3)33-26-22/h6-15,30H,4-5H2,1-3H3. The maximum atomic E-state index is 13.4. The number of hydrogen-bond donors (Lipinski definition) is 1. The van der Waals surface area contributed by atoms with Gasteiger partial charge in [0.2, 0.25) is 15.9 Å². The molecule has 0 amide bonds. The monoisotopic (exact) mass is 480 g/mol. The molecule has 0 spiro atoms. The summed E-state index contributed by atoms with van der Waals surface area (Å²) in [6.45, 7) is 5.87. The van der Waals surface area contributed by atoms with Gasteiger partial charge in [0, 0.05) is 36.1 Å². The second kappa shape index (κ2) is 9.24. The van der Waals surface area contributed by atoms with E-state index in [0.717, 1.165) is 4.57 Å². The van der Waals surface area contributed by atoms with Gasteiger partial charge in [-0.3, -0.25) is 4.79 Å². The Hall–Kier alpha value is -3.76. The predicted molar refractivity (Wildman–Crippen MR) is 130 cm³/mol. The molecule has 0 fully saturated rings. The van der Waals surface area contributed by atoms with Crippen LogP contribution >= 0.6 is 0 Å². The fraction of sp³-hybridized carbons (Fsp3) is 0.208. The fourth-order valence-corrected chi connectivity index (χ4v) is 5.27. The van der Waals surface area contributed by atoms with Crippen LogP contribution in [0.15, 0.2) is 73.8 Å². The number of fused-ring (bicyclic) bond motifs is 1. The maximum Gasteiger partial charge on any atom is 0.265 e. The number of hydrogen-bond acceptors (Lipinski definition) is 7. The third kappa shape index (κ3) is 4.13. The van der Waals surface area contributed by atoms with E-state index in [4.69, 9.17) is 4.52 Å². The van der Waals surface area contributed by atoms with E-state index in [1.807, 2.05) is 0 Å². The van der Waals surface area contributed by atoms with Gasteiger partial charge in [-0.15, -0.1) is 0 Å². The molecule has 0 saturated heterocycles. The summed E-state index contributed by atoms with van der Waals surface area (Å²) < 4.78 is 33.5. The number of aromatic hydroxyl groups is 1. The zero-order valence-electron chi connectivity index (χ0n) is 19.0. The Labute approximate surface area is 196 Å². The molecule has 0 atom stereocenters. The Balaban J connectivity index is 1.94. The Morgan fingerprint density at radius 2 is 1.79 bits per heavy atom. The molecule has 2 heterocycles. The van der Waals surface area contributed by atoms with Gasteiger partial charge in [-0.25, -0.2) is 18.0 Å². The van der Waals surface area contributed by atoms with Gasteiger partial charge >= 0.3 is 0 Å². The average Bonchev–Trinajstić information content (AvgIpc) is 3.25. The summed E-state index contributed by atoms with van der Waals surface area (Å²) in [5.41, 5.74) is 0.0150. The van der Waals surface area contributed by atoms with Gasteiger partial charge in [0.05, 0.1) is 16.1 Å². The van der Waals surface area contributed by atoms with E-state index in [1.54, 1.807) is 63.2 Å². The number of rotatable bonds is 7. The van der Waals surface area contributed by atoms with Gasteiger partial charge in [-0.1, -0.05) is 43.3 Å². The molecule has 2 aromatic carbocycles. The average molecular weight is 481 g/mol. The van der Waals surface area contributed by atoms with E-state index in [9.17, 15) is 18.3 Å². The molecule has 0 radical (unpaired) electrons. The van der Waals surface area contributed by atoms with Crippen LogP contribution in [0.25, 0.3) is 16.5 Å². The lowest BCUT2D eigenvalue weighted by molar-refractivity contribution is 0.399. The lowest BCUT2D eigenvalue weighted by Crippen LogP contribution is -2.30. The summed E-state index contributed by atoms with van der Waals surface area (Å²) in [6.07, 6.45) is 1.40. The van der Waals surface area contributed by atoms with Crippen molar-refractivity contribution in [2.75, 3.05) is 13.1 Å². The lowest BCUT2D eigenvalue weighted by Gasteiger charge is -2.19. The van der Waals surface area contributed by atoms with Crippen molar-refractivity contribution in [3.05, 3.63) is 76.3 Å². The van der Waals surface area contributed by atoms with Crippen LogP contribution < -0.4 is 5.56 Å². The molecule has 0 aliphatic rings. The summed E-state index contributed by atoms with van der Waals surface area (Å²) >= 11 is 0. The van der Waals surface area contributed by atoms with Gasteiger partial charge in [-0.05, 0) is 31.2 Å². The molecule has 1 N–H and O–H groups in total. The minimum atomic E-state index is -3.76. The number of aryl methyl sites for hydroxylation is 1. The minimum absolute atomic E-state index is 0.0291. The van der Waals surface area contributed by atoms with Crippen LogP contribution in [0.2, 0.25) is 0 Å². The normalized spacial score (nSPS) is 12.2. The van der Waals surface area contributed by atoms with Crippen molar-refractivity contribution in [1.82, 2.24) is 14.0 Å². The van der Waals surface area contributed by atoms with Crippen LogP contribution in [0.1, 0.15) is 25.2 Å². The molecule has 0 bridgehead atoms. The number of aromatic nitrogens is 2. The van der Waals surface area contributed by atoms with Crippen LogP contribution in [0.5, 0.6) is 5.88 Å². The van der Waals surface area contributed by atoms with E-state index in [1.165, 1.54) is 22.7 Å². The second-order valence-corrected chi connectivity index (χ2v) is 9.50. The molecule has 0 unspecified atom stereocenters. The van der Waals surface area contributed by atoms with Gasteiger partial charge in [0.25, 0.3) is 5.56 Å². The van der Waals surface area contributed by atoms with Crippen LogP contribution in [0.4, 0.5) is 5.82 Å². The van der Waals surface area contributed by atoms with Crippen molar-refractivity contribution in [3.63, 3.8) is 0 Å². The Bertz CT molecular complexity index is 1550. The molecule has 0 aliphatic carbocycles. The molecule has 0 aliphatic heterocycles. The van der Waals surface area contributed by atoms with Gasteiger partial charge in [0.15, 0.2) is 5.82 Å². The molecule has 9 nitrogen and oxygen atoms in total. The topological polar surface area (TPSA) is 118 Å². The number of aliphatic imine (C=N–C) groups is 1. The highest BCUT2D eigenvalue weighted by Crippen LogP contribution is 2.28. The minimum Gasteiger partial charge on any atom is -0.494 e. The second-order valence-electron chi connectivity index (χ2n) is 7.56. The molecule has 34 heavy (non-hydrogen) atoms. The molecular formula is C24H24N4O5S. The third-order valence-corrected chi connectivity index (χ3v) is 7.51. The number of pyridine rings is 1. The zero-order valence-corrected chi connectivity index (χ0v) is 19.8. The fourth-order valence-electron chi connectivity index (χ4n) is 3.77. The van der Waals surface area contributed by atoms with E-state index in [0.29, 0.717) is 35.4 Å². The molecule has 176 valence electrons. The van der Waals surface area contributed by atoms with Gasteiger partial charge < -0.3 is 9.63 Å². The lowest BCUT2D eigenvalue weighted by atomic mass is 10.1. The number of sulfonamides is 1. The van der Waals surface area contributed by atoms with Gasteiger partial charge in [0.1, 0.15) is 5.76 Å². The Morgan fingerprint density at radius 1 is 1.09 bits per heavy atom. The van der Waals surface area contributed by atoms with Crippen LogP contribution in [0.3, 0.4) is 0 Å². The van der Waals surface area contributed by atoms with Crippen molar-refractivity contribution < 1.29 is 18.0 Å². The van der Waals surface area contributed by atoms with Gasteiger partial charge in [-0.2, -0.15) is 4.31 Å². The van der Waals surface area contributed by atoms with Crippen molar-refractivity contribution in [2.24, 2.45) is 4.99 Å². The number of nitrogens with zero attached hydrogens (tertiary/aromatic N) is 4. The van der Waals surface area contributed by atoms with Crippen molar-refractivity contribution in [2.45, 2.75) is 25.7 Å². The van der Waals surface area contributed by atoms with E-state index >= 15 is 0 Å². The summed E-state index contributed by atoms with van der Waals surface area (Å²) in [5, 5.41) is 15.8. The first-order valence-corrected chi connectivity index (χ1v) is 12.2. The summed E-state index contributed by atoms with van der Waals surface area (Å²) in [6, 6.07) is 14.4. The Kier molecular flexibility index (Phi) is 6.36. The van der Waals surface area contributed by atoms with E-state index < -0.39 is 15.6 Å². The molecule has 4 rings (SSSR count). The highest BCUT2D eigenvalue weighted by molar-refractivity contribution is 7.89. The summed E-state index contributed by atoms with van der Waals surface area (Å²) in [5.74, 6) is 0.522. The largest absolute Gasteiger partial charge is 0.494 e. The molecule has 10 heteroatoms. The SMILES string of the molecule is CCN(CC)S(=O)(=O)c1cccc(-n2c(O)c(C=Nc3cc(C)on3)c3ccccc3c2=O)c1. The number of benzene rings is 2. The first-order valence-electron chi connectivity index (χ1n) is 10.7. The third-order valence-electron chi connectivity index (χ3n) is 5.46. The molecule has 2 aromatic heterocycles. The Morgan fingerprint density at radius 3 is 2.44 bits per heavy atom. The highest BCUT2D eigenvalue weighted by atomic mass is 32.2. The van der Waals surface area contributed by atoms with E-state index in [2.05, 4.69) is 10.1 Å². The van der Waals surface area contributed by atoms with Crippen LogP contribution in [-0.4, -0.2) is 46.9 Å². The van der Waals surface area contributed by atoms with Crippen LogP contribution in [0, 0.1) is 6.92 Å². The molecule has 0 saturated carbocycles. The summed E-state index contributed by atoms with van der Waals surface area (Å²) in [4.78, 5) is 17.7. The summed E-state index contributed by atoms with van der Waals surface area (Å²) in [7, 11) is -3.76. The first kappa shape index (κ1) is 23.4. The quantitative estimate of drug-likeness (QED) is 0.402. The van der Waals surface area contributed by atoms with Crippen LogP contribution in [-0.2, 0) is 10.0 Å². The zero-order chi connectivity index (χ0) is 24.5. The van der Waals surface area contributed by atoms with Crippen molar-refractivity contribution in [1.29, 1.82) is 0 Å².